The molecule has 0 saturated heterocycles. The fourth-order valence-electron chi connectivity index (χ4n) is 1.07. The average Bonchev–Trinajstić information content (AvgIpc) is 2.30. The monoisotopic (exact) mass is 224 g/mol. The van der Waals surface area contributed by atoms with E-state index in [0.717, 1.165) is 0 Å². The molecule has 4 heteroatoms. The van der Waals surface area contributed by atoms with Crippen molar-refractivity contribution in [3.8, 4) is 0 Å². The van der Waals surface area contributed by atoms with Gasteiger partial charge in [-0.25, -0.2) is 9.00 Å². The molecular weight excluding hydrogens is 212 g/mol. The number of benzene rings is 1. The molecule has 0 heterocycles. The summed E-state index contributed by atoms with van der Waals surface area (Å²) in [6, 6.07) is 8.80. The number of allylic oxidation sites excluding steroid dienone is 1. The third kappa shape index (κ3) is 2.76. The zero-order valence-electron chi connectivity index (χ0n) is 8.60. The first-order chi connectivity index (χ1) is 7.20. The topological polar surface area (TPSA) is 43.4 Å². The molecule has 0 aliphatic heterocycles. The molecule has 0 N–H and O–H groups in total. The van der Waals surface area contributed by atoms with E-state index in [1.165, 1.54) is 13.2 Å². The second kappa shape index (κ2) is 5.46. The molecule has 1 atom stereocenters. The van der Waals surface area contributed by atoms with Crippen LogP contribution in [0.3, 0.4) is 0 Å². The van der Waals surface area contributed by atoms with Gasteiger partial charge in [0.2, 0.25) is 0 Å². The second-order valence-electron chi connectivity index (χ2n) is 2.73. The summed E-state index contributed by atoms with van der Waals surface area (Å²) in [4.78, 5) is 12.0. The fraction of sp³-hybridized carbons (Fsp3) is 0.182. The van der Waals surface area contributed by atoms with Crippen LogP contribution in [0.4, 0.5) is 0 Å². The van der Waals surface area contributed by atoms with Gasteiger partial charge in [-0.05, 0) is 19.1 Å². The summed E-state index contributed by atoms with van der Waals surface area (Å²) in [5.74, 6) is -0.556. The van der Waals surface area contributed by atoms with Crippen LogP contribution in [0.5, 0.6) is 0 Å². The zero-order valence-corrected chi connectivity index (χ0v) is 9.41. The Morgan fingerprint density at radius 3 is 2.40 bits per heavy atom. The van der Waals surface area contributed by atoms with E-state index in [2.05, 4.69) is 4.74 Å². The summed E-state index contributed by atoms with van der Waals surface area (Å²) < 4.78 is 16.5. The van der Waals surface area contributed by atoms with Crippen molar-refractivity contribution in [1.29, 1.82) is 0 Å². The molecule has 3 nitrogen and oxygen atoms in total. The van der Waals surface area contributed by atoms with Crippen molar-refractivity contribution in [2.24, 2.45) is 0 Å². The van der Waals surface area contributed by atoms with Gasteiger partial charge in [0.1, 0.15) is 4.91 Å². The van der Waals surface area contributed by atoms with Gasteiger partial charge in [-0.1, -0.05) is 24.3 Å². The van der Waals surface area contributed by atoms with Gasteiger partial charge in [-0.3, -0.25) is 0 Å². The molecule has 0 saturated carbocycles. The molecule has 0 aliphatic rings. The van der Waals surface area contributed by atoms with Crippen molar-refractivity contribution in [2.75, 3.05) is 7.11 Å². The SMILES string of the molecule is C/C=C(\C(=O)OC)[S@@](=O)c1ccccc1. The van der Waals surface area contributed by atoms with Crippen LogP contribution in [-0.4, -0.2) is 17.3 Å². The summed E-state index contributed by atoms with van der Waals surface area (Å²) in [7, 11) is -0.193. The molecule has 15 heavy (non-hydrogen) atoms. The summed E-state index contributed by atoms with van der Waals surface area (Å²) in [5, 5.41) is 0. The van der Waals surface area contributed by atoms with E-state index >= 15 is 0 Å². The number of methoxy groups -OCH3 is 1. The molecule has 0 spiro atoms. The molecule has 0 amide bonds. The molecular formula is C11H12O3S. The maximum atomic E-state index is 11.9. The molecule has 1 aromatic rings. The second-order valence-corrected chi connectivity index (χ2v) is 4.17. The Morgan fingerprint density at radius 1 is 1.33 bits per heavy atom. The molecule has 0 unspecified atom stereocenters. The van der Waals surface area contributed by atoms with Crippen molar-refractivity contribution >= 4 is 16.8 Å². The van der Waals surface area contributed by atoms with E-state index in [-0.39, 0.29) is 4.91 Å². The molecule has 1 aromatic carbocycles. The predicted octanol–water partition coefficient (Wildman–Crippen LogP) is 1.87. The molecule has 0 fully saturated rings. The number of rotatable bonds is 3. The summed E-state index contributed by atoms with van der Waals surface area (Å²) in [5.41, 5.74) is 0. The van der Waals surface area contributed by atoms with Gasteiger partial charge in [0, 0.05) is 4.90 Å². The highest BCUT2D eigenvalue weighted by Gasteiger charge is 2.17. The van der Waals surface area contributed by atoms with Crippen LogP contribution >= 0.6 is 0 Å². The number of ether oxygens (including phenoxy) is 1. The minimum atomic E-state index is -1.46. The molecule has 0 aromatic heterocycles. The highest BCUT2D eigenvalue weighted by Crippen LogP contribution is 2.14. The normalized spacial score (nSPS) is 13.3. The minimum absolute atomic E-state index is 0.170. The molecule has 0 radical (unpaired) electrons. The lowest BCUT2D eigenvalue weighted by atomic mass is 10.4. The van der Waals surface area contributed by atoms with E-state index in [4.69, 9.17) is 0 Å². The van der Waals surface area contributed by atoms with Crippen molar-refractivity contribution in [2.45, 2.75) is 11.8 Å². The van der Waals surface area contributed by atoms with Crippen LogP contribution in [0.25, 0.3) is 0 Å². The van der Waals surface area contributed by atoms with Crippen molar-refractivity contribution < 1.29 is 13.7 Å². The van der Waals surface area contributed by atoms with Crippen molar-refractivity contribution in [3.63, 3.8) is 0 Å². The number of esters is 1. The molecule has 80 valence electrons. The first-order valence-corrected chi connectivity index (χ1v) is 5.57. The minimum Gasteiger partial charge on any atom is -0.465 e. The van der Waals surface area contributed by atoms with E-state index in [0.29, 0.717) is 4.90 Å². The summed E-state index contributed by atoms with van der Waals surface area (Å²) in [6.45, 7) is 1.66. The third-order valence-electron chi connectivity index (χ3n) is 1.81. The van der Waals surface area contributed by atoms with Gasteiger partial charge >= 0.3 is 5.97 Å². The Bertz CT molecular complexity index is 396. The zero-order chi connectivity index (χ0) is 11.3. The van der Waals surface area contributed by atoms with Crippen LogP contribution in [0.2, 0.25) is 0 Å². The number of carbonyl (C=O) groups excluding carboxylic acids is 1. The summed E-state index contributed by atoms with van der Waals surface area (Å²) in [6.07, 6.45) is 1.51. The Morgan fingerprint density at radius 2 is 1.93 bits per heavy atom. The van der Waals surface area contributed by atoms with Gasteiger partial charge in [0.15, 0.2) is 0 Å². The Balaban J connectivity index is 2.99. The Labute approximate surface area is 91.2 Å². The smallest absolute Gasteiger partial charge is 0.346 e. The maximum absolute atomic E-state index is 11.9. The largest absolute Gasteiger partial charge is 0.465 e. The van der Waals surface area contributed by atoms with Crippen LogP contribution in [0, 0.1) is 0 Å². The van der Waals surface area contributed by atoms with E-state index in [1.807, 2.05) is 6.07 Å². The highest BCUT2D eigenvalue weighted by molar-refractivity contribution is 7.90. The average molecular weight is 224 g/mol. The number of hydrogen-bond donors (Lipinski definition) is 0. The Kier molecular flexibility index (Phi) is 4.24. The van der Waals surface area contributed by atoms with Gasteiger partial charge in [-0.15, -0.1) is 0 Å². The van der Waals surface area contributed by atoms with E-state index in [9.17, 15) is 9.00 Å². The number of carbonyl (C=O) groups is 1. The fourth-order valence-corrected chi connectivity index (χ4v) is 2.18. The molecule has 0 aliphatic carbocycles. The first kappa shape index (κ1) is 11.7. The lowest BCUT2D eigenvalue weighted by molar-refractivity contribution is -0.135. The van der Waals surface area contributed by atoms with Crippen LogP contribution < -0.4 is 0 Å². The van der Waals surface area contributed by atoms with Gasteiger partial charge < -0.3 is 4.74 Å². The van der Waals surface area contributed by atoms with Crippen LogP contribution in [-0.2, 0) is 20.3 Å². The quantitative estimate of drug-likeness (QED) is 0.581. The summed E-state index contributed by atoms with van der Waals surface area (Å²) >= 11 is 0. The Hall–Kier alpha value is -1.42. The lowest BCUT2D eigenvalue weighted by Gasteiger charge is -2.04. The standard InChI is InChI=1S/C11H12O3S/c1-3-10(11(12)14-2)15(13)9-7-5-4-6-8-9/h3-8H,1-2H3/b10-3+/t15-/m0/s1. The maximum Gasteiger partial charge on any atom is 0.346 e. The highest BCUT2D eigenvalue weighted by atomic mass is 32.2. The molecule has 1 rings (SSSR count). The van der Waals surface area contributed by atoms with Gasteiger partial charge in [-0.2, -0.15) is 0 Å². The lowest BCUT2D eigenvalue weighted by Crippen LogP contribution is -2.09. The molecule has 0 bridgehead atoms. The van der Waals surface area contributed by atoms with E-state index < -0.39 is 16.8 Å². The first-order valence-electron chi connectivity index (χ1n) is 4.42. The van der Waals surface area contributed by atoms with Crippen LogP contribution in [0.15, 0.2) is 46.2 Å². The van der Waals surface area contributed by atoms with Crippen molar-refractivity contribution in [1.82, 2.24) is 0 Å². The van der Waals surface area contributed by atoms with E-state index in [1.54, 1.807) is 31.2 Å². The van der Waals surface area contributed by atoms with Gasteiger partial charge in [0.25, 0.3) is 0 Å². The van der Waals surface area contributed by atoms with Crippen LogP contribution in [0.1, 0.15) is 6.92 Å². The third-order valence-corrected chi connectivity index (χ3v) is 3.31. The number of hydrogen-bond acceptors (Lipinski definition) is 3. The van der Waals surface area contributed by atoms with Gasteiger partial charge in [0.05, 0.1) is 17.9 Å². The predicted molar refractivity (Wildman–Crippen MR) is 58.6 cm³/mol. The van der Waals surface area contributed by atoms with Crippen molar-refractivity contribution in [3.05, 3.63) is 41.3 Å².